The second-order valence-electron chi connectivity index (χ2n) is 8.22. The van der Waals surface area contributed by atoms with Crippen molar-refractivity contribution in [3.8, 4) is 22.6 Å². The summed E-state index contributed by atoms with van der Waals surface area (Å²) in [7, 11) is 0. The molecule has 4 heterocycles. The summed E-state index contributed by atoms with van der Waals surface area (Å²) in [5.41, 5.74) is 3.78. The van der Waals surface area contributed by atoms with Gasteiger partial charge >= 0.3 is 0 Å². The largest absolute Gasteiger partial charge is 0.486 e. The molecule has 0 radical (unpaired) electrons. The van der Waals surface area contributed by atoms with E-state index in [4.69, 9.17) is 9.47 Å². The zero-order valence-electron chi connectivity index (χ0n) is 18.8. The van der Waals surface area contributed by atoms with E-state index in [2.05, 4.69) is 15.3 Å². The third-order valence-corrected chi connectivity index (χ3v) is 6.83. The van der Waals surface area contributed by atoms with Crippen LogP contribution in [0, 0.1) is 6.92 Å². The fraction of sp³-hybridized carbons (Fsp3) is 0.154. The van der Waals surface area contributed by atoms with Crippen LogP contribution >= 0.6 is 11.3 Å². The Bertz CT molecular complexity index is 1660. The number of nitrogens with zero attached hydrogens (tertiary/aromatic N) is 3. The number of anilines is 1. The lowest BCUT2D eigenvalue weighted by atomic mass is 10.0. The van der Waals surface area contributed by atoms with E-state index in [9.17, 15) is 9.59 Å². The van der Waals surface area contributed by atoms with Gasteiger partial charge in [0.15, 0.2) is 11.5 Å². The molecule has 0 unspecified atom stereocenters. The third-order valence-electron chi connectivity index (χ3n) is 5.77. The van der Waals surface area contributed by atoms with Gasteiger partial charge in [-0.3, -0.25) is 14.2 Å². The molecule has 0 atom stereocenters. The maximum Gasteiger partial charge on any atom is 0.271 e. The average Bonchev–Trinajstić information content (AvgIpc) is 3.24. The molecule has 8 nitrogen and oxygen atoms in total. The highest BCUT2D eigenvalue weighted by Crippen LogP contribution is 2.37. The monoisotopic (exact) mass is 484 g/mol. The smallest absolute Gasteiger partial charge is 0.271 e. The number of carbonyl (C=O) groups is 1. The predicted molar refractivity (Wildman–Crippen MR) is 135 cm³/mol. The van der Waals surface area contributed by atoms with Crippen LogP contribution in [0.4, 0.5) is 5.69 Å². The van der Waals surface area contributed by atoms with Crippen LogP contribution in [-0.4, -0.2) is 33.7 Å². The van der Waals surface area contributed by atoms with Gasteiger partial charge in [0.25, 0.3) is 5.56 Å². The first kappa shape index (κ1) is 21.3. The molecular weight excluding hydrogens is 464 g/mol. The molecule has 1 aliphatic heterocycles. The van der Waals surface area contributed by atoms with E-state index >= 15 is 0 Å². The van der Waals surface area contributed by atoms with E-state index in [0.29, 0.717) is 40.6 Å². The van der Waals surface area contributed by atoms with Gasteiger partial charge in [-0.05, 0) is 36.2 Å². The minimum Gasteiger partial charge on any atom is -0.486 e. The summed E-state index contributed by atoms with van der Waals surface area (Å²) < 4.78 is 12.9. The number of fused-ring (bicyclic) bond motifs is 4. The van der Waals surface area contributed by atoms with Gasteiger partial charge in [0.05, 0.1) is 11.8 Å². The highest BCUT2D eigenvalue weighted by atomic mass is 32.1. The van der Waals surface area contributed by atoms with Gasteiger partial charge in [-0.2, -0.15) is 0 Å². The second kappa shape index (κ2) is 8.52. The summed E-state index contributed by atoms with van der Waals surface area (Å²) in [5.74, 6) is 0.880. The molecule has 174 valence electrons. The van der Waals surface area contributed by atoms with Gasteiger partial charge in [-0.1, -0.05) is 30.3 Å². The Morgan fingerprint density at radius 2 is 1.89 bits per heavy atom. The number of rotatable bonds is 4. The summed E-state index contributed by atoms with van der Waals surface area (Å²) in [6.45, 7) is 2.73. The third kappa shape index (κ3) is 3.89. The highest BCUT2D eigenvalue weighted by Gasteiger charge is 2.19. The van der Waals surface area contributed by atoms with Crippen molar-refractivity contribution in [3.63, 3.8) is 0 Å². The molecule has 6 rings (SSSR count). The molecule has 0 spiro atoms. The van der Waals surface area contributed by atoms with Crippen molar-refractivity contribution in [2.75, 3.05) is 18.5 Å². The maximum absolute atomic E-state index is 13.3. The Morgan fingerprint density at radius 1 is 1.09 bits per heavy atom. The number of carbonyl (C=O) groups excluding carboxylic acids is 1. The predicted octanol–water partition coefficient (Wildman–Crippen LogP) is 4.39. The Kier molecular flexibility index (Phi) is 5.18. The minimum absolute atomic E-state index is 0.164. The fourth-order valence-electron chi connectivity index (χ4n) is 4.22. The zero-order chi connectivity index (χ0) is 23.9. The Balaban J connectivity index is 1.34. The molecule has 0 fully saturated rings. The van der Waals surface area contributed by atoms with Crippen molar-refractivity contribution >= 4 is 43.4 Å². The maximum atomic E-state index is 13.3. The number of ether oxygens (including phenoxy) is 2. The average molecular weight is 485 g/mol. The van der Waals surface area contributed by atoms with Crippen molar-refractivity contribution in [3.05, 3.63) is 77.0 Å². The zero-order valence-corrected chi connectivity index (χ0v) is 19.6. The molecule has 1 aliphatic rings. The van der Waals surface area contributed by atoms with E-state index in [1.807, 2.05) is 43.3 Å². The van der Waals surface area contributed by atoms with Crippen LogP contribution in [0.15, 0.2) is 65.7 Å². The van der Waals surface area contributed by atoms with Crippen molar-refractivity contribution in [1.82, 2.24) is 14.5 Å². The van der Waals surface area contributed by atoms with Crippen LogP contribution in [-0.2, 0) is 11.3 Å². The molecule has 0 saturated heterocycles. The van der Waals surface area contributed by atoms with E-state index in [-0.39, 0.29) is 18.0 Å². The van der Waals surface area contributed by atoms with Crippen LogP contribution in [0.1, 0.15) is 5.69 Å². The topological polar surface area (TPSA) is 95.3 Å². The second-order valence-corrected chi connectivity index (χ2v) is 9.22. The summed E-state index contributed by atoms with van der Waals surface area (Å²) in [6, 6.07) is 17.2. The number of aromatic nitrogens is 3. The minimum atomic E-state index is -0.343. The number of thiophene rings is 1. The van der Waals surface area contributed by atoms with Gasteiger partial charge < -0.3 is 14.8 Å². The molecule has 0 bridgehead atoms. The quantitative estimate of drug-likeness (QED) is 0.407. The number of amides is 1. The van der Waals surface area contributed by atoms with Crippen molar-refractivity contribution < 1.29 is 14.3 Å². The summed E-state index contributed by atoms with van der Waals surface area (Å²) in [4.78, 5) is 36.0. The Labute approximate surface area is 203 Å². The molecule has 1 N–H and O–H groups in total. The molecule has 3 aromatic heterocycles. The van der Waals surface area contributed by atoms with Gasteiger partial charge in [0.2, 0.25) is 5.91 Å². The highest BCUT2D eigenvalue weighted by molar-refractivity contribution is 7.25. The number of hydrogen-bond donors (Lipinski definition) is 1. The Hall–Kier alpha value is -4.24. The number of benzene rings is 2. The lowest BCUT2D eigenvalue weighted by Gasteiger charge is -2.19. The van der Waals surface area contributed by atoms with Gasteiger partial charge in [-0.25, -0.2) is 9.97 Å². The normalized spacial score (nSPS) is 12.7. The number of aryl methyl sites for hydroxylation is 1. The van der Waals surface area contributed by atoms with Crippen molar-refractivity contribution in [1.29, 1.82) is 0 Å². The lowest BCUT2D eigenvalue weighted by molar-refractivity contribution is -0.116. The SMILES string of the molecule is Cc1cc(-c2ccccc2)c2c(n1)sc1c(=O)n(CC(=O)Nc3ccc4c(c3)OCCO4)cnc12. The lowest BCUT2D eigenvalue weighted by Crippen LogP contribution is -2.27. The number of pyridine rings is 1. The molecule has 0 aliphatic carbocycles. The van der Waals surface area contributed by atoms with Crippen LogP contribution in [0.2, 0.25) is 0 Å². The molecule has 2 aromatic carbocycles. The molecule has 5 aromatic rings. The van der Waals surface area contributed by atoms with Crippen LogP contribution in [0.25, 0.3) is 31.6 Å². The van der Waals surface area contributed by atoms with Gasteiger partial charge in [0, 0.05) is 22.8 Å². The molecule has 0 saturated carbocycles. The summed E-state index contributed by atoms with van der Waals surface area (Å²) >= 11 is 1.30. The molecule has 1 amide bonds. The molecule has 9 heteroatoms. The van der Waals surface area contributed by atoms with E-state index in [0.717, 1.165) is 27.0 Å². The van der Waals surface area contributed by atoms with Crippen molar-refractivity contribution in [2.45, 2.75) is 13.5 Å². The van der Waals surface area contributed by atoms with Crippen LogP contribution < -0.4 is 20.3 Å². The summed E-state index contributed by atoms with van der Waals surface area (Å²) in [6.07, 6.45) is 1.43. The number of hydrogen-bond acceptors (Lipinski definition) is 7. The molecular formula is C26H20N4O4S. The fourth-order valence-corrected chi connectivity index (χ4v) is 5.37. The van der Waals surface area contributed by atoms with Crippen LogP contribution in [0.3, 0.4) is 0 Å². The van der Waals surface area contributed by atoms with E-state index in [1.165, 1.54) is 22.2 Å². The standard InChI is InChI=1S/C26H20N4O4S/c1-15-11-18(16-5-3-2-4-6-16)22-23-24(35-25(22)28-15)26(32)30(14-27-23)13-21(31)29-17-7-8-19-20(12-17)34-10-9-33-19/h2-8,11-12,14H,9-10,13H2,1H3,(H,29,31). The van der Waals surface area contributed by atoms with E-state index in [1.54, 1.807) is 18.2 Å². The first-order valence-electron chi connectivity index (χ1n) is 11.1. The Morgan fingerprint density at radius 3 is 2.71 bits per heavy atom. The number of nitrogens with one attached hydrogen (secondary N) is 1. The van der Waals surface area contributed by atoms with E-state index < -0.39 is 0 Å². The van der Waals surface area contributed by atoms with Gasteiger partial charge in [0.1, 0.15) is 29.3 Å². The summed E-state index contributed by atoms with van der Waals surface area (Å²) in [5, 5.41) is 3.66. The van der Waals surface area contributed by atoms with Crippen molar-refractivity contribution in [2.24, 2.45) is 0 Å². The van der Waals surface area contributed by atoms with Crippen LogP contribution in [0.5, 0.6) is 11.5 Å². The van der Waals surface area contributed by atoms with Gasteiger partial charge in [-0.15, -0.1) is 11.3 Å². The first-order chi connectivity index (χ1) is 17.1. The molecule has 35 heavy (non-hydrogen) atoms. The first-order valence-corrected chi connectivity index (χ1v) is 11.9.